The number of aromatic nitrogens is 2. The summed E-state index contributed by atoms with van der Waals surface area (Å²) in [6, 6.07) is 0. The van der Waals surface area contributed by atoms with Gasteiger partial charge >= 0.3 is 0 Å². The van der Waals surface area contributed by atoms with E-state index in [1.54, 1.807) is 18.1 Å². The predicted octanol–water partition coefficient (Wildman–Crippen LogP) is 1.38. The number of aliphatic hydroxyl groups excluding tert-OH is 1. The molecule has 1 aromatic rings. The van der Waals surface area contributed by atoms with Crippen molar-refractivity contribution in [1.29, 1.82) is 0 Å². The highest BCUT2D eigenvalue weighted by Gasteiger charge is 2.21. The highest BCUT2D eigenvalue weighted by Crippen LogP contribution is 2.22. The smallest absolute Gasteiger partial charge is 0.169 e. The molecule has 0 aromatic carbocycles. The maximum absolute atomic E-state index is 9.28. The molecule has 6 heteroatoms. The minimum Gasteiger partial charge on any atom is -0.394 e. The summed E-state index contributed by atoms with van der Waals surface area (Å²) in [5.74, 6) is 0.944. The largest absolute Gasteiger partial charge is 0.394 e. The van der Waals surface area contributed by atoms with Gasteiger partial charge in [0.15, 0.2) is 4.34 Å². The summed E-state index contributed by atoms with van der Waals surface area (Å²) in [6.45, 7) is 5.13. The van der Waals surface area contributed by atoms with Crippen LogP contribution < -0.4 is 5.32 Å². The lowest BCUT2D eigenvalue weighted by atomic mass is 10.0. The fourth-order valence-electron chi connectivity index (χ4n) is 1.24. The van der Waals surface area contributed by atoms with Gasteiger partial charge in [-0.2, -0.15) is 4.37 Å². The van der Waals surface area contributed by atoms with E-state index in [0.29, 0.717) is 0 Å². The van der Waals surface area contributed by atoms with Gasteiger partial charge in [0.2, 0.25) is 0 Å². The molecule has 15 heavy (non-hydrogen) atoms. The minimum atomic E-state index is -0.174. The van der Waals surface area contributed by atoms with Gasteiger partial charge in [0, 0.05) is 11.3 Å². The van der Waals surface area contributed by atoms with Crippen LogP contribution in [-0.4, -0.2) is 38.9 Å². The number of nitrogens with one attached hydrogen (secondary N) is 1. The van der Waals surface area contributed by atoms with E-state index in [2.05, 4.69) is 14.7 Å². The molecular formula is C9H17N3OS2. The number of rotatable bonds is 7. The quantitative estimate of drug-likeness (QED) is 0.713. The Hall–Kier alpha value is -0.170. The molecule has 1 atom stereocenters. The Morgan fingerprint density at radius 2 is 2.47 bits per heavy atom. The third kappa shape index (κ3) is 4.46. The van der Waals surface area contributed by atoms with Gasteiger partial charge in [-0.1, -0.05) is 18.7 Å². The van der Waals surface area contributed by atoms with E-state index in [9.17, 15) is 5.11 Å². The summed E-state index contributed by atoms with van der Waals surface area (Å²) >= 11 is 3.10. The standard InChI is InChI=1S/C9H17N3OS2/c1-3-11-9(2,6-13)4-5-14-8-10-7-12-15-8/h7,11,13H,3-6H2,1-2H3. The molecule has 1 aromatic heterocycles. The van der Waals surface area contributed by atoms with Crippen molar-refractivity contribution >= 4 is 23.3 Å². The van der Waals surface area contributed by atoms with Crippen LogP contribution in [0.5, 0.6) is 0 Å². The van der Waals surface area contributed by atoms with E-state index < -0.39 is 0 Å². The number of nitrogens with zero attached hydrogens (tertiary/aromatic N) is 2. The van der Waals surface area contributed by atoms with Gasteiger partial charge in [0.1, 0.15) is 6.33 Å². The zero-order valence-electron chi connectivity index (χ0n) is 9.06. The number of thioether (sulfide) groups is 1. The summed E-state index contributed by atoms with van der Waals surface area (Å²) in [4.78, 5) is 4.10. The summed E-state index contributed by atoms with van der Waals surface area (Å²) in [5, 5.41) is 12.6. The fraction of sp³-hybridized carbons (Fsp3) is 0.778. The van der Waals surface area contributed by atoms with E-state index in [-0.39, 0.29) is 12.1 Å². The normalized spacial score (nSPS) is 15.1. The van der Waals surface area contributed by atoms with Crippen molar-refractivity contribution in [2.45, 2.75) is 30.1 Å². The molecule has 1 unspecified atom stereocenters. The van der Waals surface area contributed by atoms with Gasteiger partial charge in [-0.15, -0.1) is 0 Å². The van der Waals surface area contributed by atoms with Crippen LogP contribution >= 0.6 is 23.3 Å². The van der Waals surface area contributed by atoms with Crippen molar-refractivity contribution in [3.63, 3.8) is 0 Å². The second-order valence-corrected chi connectivity index (χ2v) is 5.68. The number of hydrogen-bond acceptors (Lipinski definition) is 6. The molecule has 4 nitrogen and oxygen atoms in total. The lowest BCUT2D eigenvalue weighted by molar-refractivity contribution is 0.173. The summed E-state index contributed by atoms with van der Waals surface area (Å²) in [5.41, 5.74) is -0.174. The number of aliphatic hydroxyl groups is 1. The molecule has 0 saturated heterocycles. The van der Waals surface area contributed by atoms with Gasteiger partial charge in [-0.25, -0.2) is 4.98 Å². The zero-order valence-corrected chi connectivity index (χ0v) is 10.7. The third-order valence-corrected chi connectivity index (χ3v) is 3.97. The van der Waals surface area contributed by atoms with Gasteiger partial charge in [0.05, 0.1) is 6.61 Å². The SMILES string of the molecule is CCNC(C)(CO)CCSc1ncns1. The first kappa shape index (κ1) is 12.9. The molecule has 0 amide bonds. The molecule has 86 valence electrons. The lowest BCUT2D eigenvalue weighted by Crippen LogP contribution is -2.46. The molecule has 0 aliphatic rings. The summed E-state index contributed by atoms with van der Waals surface area (Å²) in [7, 11) is 0. The molecule has 0 fully saturated rings. The van der Waals surface area contributed by atoms with Crippen molar-refractivity contribution in [1.82, 2.24) is 14.7 Å². The van der Waals surface area contributed by atoms with Crippen LogP contribution in [0.15, 0.2) is 10.7 Å². The Kier molecular flexibility index (Phi) is 5.52. The van der Waals surface area contributed by atoms with Gasteiger partial charge in [-0.05, 0) is 31.4 Å². The van der Waals surface area contributed by atoms with Crippen molar-refractivity contribution in [3.8, 4) is 0 Å². The molecule has 0 saturated carbocycles. The average Bonchev–Trinajstić information content (AvgIpc) is 2.71. The van der Waals surface area contributed by atoms with Crippen molar-refractivity contribution in [2.24, 2.45) is 0 Å². The highest BCUT2D eigenvalue weighted by atomic mass is 32.2. The summed E-state index contributed by atoms with van der Waals surface area (Å²) < 4.78 is 4.93. The van der Waals surface area contributed by atoms with Gasteiger partial charge in [-0.3, -0.25) is 0 Å². The van der Waals surface area contributed by atoms with Gasteiger partial charge in [0.25, 0.3) is 0 Å². The van der Waals surface area contributed by atoms with E-state index in [1.807, 2.05) is 13.8 Å². The molecule has 1 heterocycles. The van der Waals surface area contributed by atoms with Crippen LogP contribution in [0.2, 0.25) is 0 Å². The molecule has 2 N–H and O–H groups in total. The van der Waals surface area contributed by atoms with Crippen molar-refractivity contribution in [3.05, 3.63) is 6.33 Å². The Labute approximate surface area is 98.7 Å². The zero-order chi connectivity index (χ0) is 11.1. The Balaban J connectivity index is 2.28. The predicted molar refractivity (Wildman–Crippen MR) is 64.4 cm³/mol. The monoisotopic (exact) mass is 247 g/mol. The Morgan fingerprint density at radius 1 is 1.67 bits per heavy atom. The summed E-state index contributed by atoms with van der Waals surface area (Å²) in [6.07, 6.45) is 2.49. The first-order valence-electron chi connectivity index (χ1n) is 4.95. The topological polar surface area (TPSA) is 58.0 Å². The highest BCUT2D eigenvalue weighted by molar-refractivity contribution is 8.00. The third-order valence-electron chi connectivity index (χ3n) is 2.17. The molecule has 0 radical (unpaired) electrons. The van der Waals surface area contributed by atoms with Crippen LogP contribution in [0.4, 0.5) is 0 Å². The van der Waals surface area contributed by atoms with E-state index in [4.69, 9.17) is 0 Å². The van der Waals surface area contributed by atoms with Crippen LogP contribution in [0.25, 0.3) is 0 Å². The molecule has 0 aliphatic carbocycles. The van der Waals surface area contributed by atoms with Crippen LogP contribution in [0.1, 0.15) is 20.3 Å². The second kappa shape index (κ2) is 6.42. The van der Waals surface area contributed by atoms with Crippen molar-refractivity contribution in [2.75, 3.05) is 18.9 Å². The fourth-order valence-corrected chi connectivity index (χ4v) is 2.96. The lowest BCUT2D eigenvalue weighted by Gasteiger charge is -2.27. The molecular weight excluding hydrogens is 230 g/mol. The average molecular weight is 247 g/mol. The Morgan fingerprint density at radius 3 is 3.00 bits per heavy atom. The maximum atomic E-state index is 9.28. The van der Waals surface area contributed by atoms with Gasteiger partial charge < -0.3 is 10.4 Å². The molecule has 0 spiro atoms. The van der Waals surface area contributed by atoms with Crippen LogP contribution in [0, 0.1) is 0 Å². The van der Waals surface area contributed by atoms with E-state index >= 15 is 0 Å². The molecule has 1 rings (SSSR count). The Bertz CT molecular complexity index is 268. The first-order chi connectivity index (χ1) is 7.20. The number of hydrogen-bond donors (Lipinski definition) is 2. The van der Waals surface area contributed by atoms with E-state index in [1.165, 1.54) is 11.5 Å². The van der Waals surface area contributed by atoms with Crippen molar-refractivity contribution < 1.29 is 5.11 Å². The molecule has 0 aliphatic heterocycles. The van der Waals surface area contributed by atoms with E-state index in [0.717, 1.165) is 23.1 Å². The minimum absolute atomic E-state index is 0.164. The number of likely N-dealkylation sites (N-methyl/N-ethyl adjacent to an activating group) is 1. The maximum Gasteiger partial charge on any atom is 0.169 e. The first-order valence-corrected chi connectivity index (χ1v) is 6.71. The van der Waals surface area contributed by atoms with Crippen LogP contribution in [-0.2, 0) is 0 Å². The molecule has 0 bridgehead atoms. The van der Waals surface area contributed by atoms with Crippen LogP contribution in [0.3, 0.4) is 0 Å². The second-order valence-electron chi connectivity index (χ2n) is 3.55.